The zero-order chi connectivity index (χ0) is 24.9. The number of halogens is 6. The number of hydrogen-bond donors (Lipinski definition) is 0. The predicted octanol–water partition coefficient (Wildman–Crippen LogP) is 3.09. The molecule has 0 radical (unpaired) electrons. The molecule has 186 valence electrons. The van der Waals surface area contributed by atoms with Crippen molar-refractivity contribution in [1.29, 1.82) is 0 Å². The number of rotatable bonds is 5. The minimum Gasteiger partial charge on any atom is -0.352 e. The Hall–Kier alpha value is -3.06. The summed E-state index contributed by atoms with van der Waals surface area (Å²) in [6.07, 6.45) is -5.54. The number of aromatic nitrogens is 4. The van der Waals surface area contributed by atoms with E-state index in [1.165, 1.54) is 27.9 Å². The van der Waals surface area contributed by atoms with Crippen molar-refractivity contribution in [1.82, 2.24) is 29.5 Å². The molecule has 14 heteroatoms. The van der Waals surface area contributed by atoms with Gasteiger partial charge in [0.2, 0.25) is 11.2 Å². The second-order valence-corrected chi connectivity index (χ2v) is 8.77. The Morgan fingerprint density at radius 1 is 1.14 bits per heavy atom. The monoisotopic (exact) mass is 515 g/mol. The van der Waals surface area contributed by atoms with Crippen LogP contribution in [0, 0.1) is 0 Å². The highest BCUT2D eigenvalue weighted by Crippen LogP contribution is 2.33. The van der Waals surface area contributed by atoms with Gasteiger partial charge < -0.3 is 9.80 Å². The first-order valence-electron chi connectivity index (χ1n) is 10.7. The van der Waals surface area contributed by atoms with Crippen molar-refractivity contribution in [3.8, 4) is 5.69 Å². The zero-order valence-corrected chi connectivity index (χ0v) is 18.8. The molecule has 2 fully saturated rings. The number of anilines is 1. The van der Waals surface area contributed by atoms with Crippen molar-refractivity contribution in [3.05, 3.63) is 41.3 Å². The first kappa shape index (κ1) is 23.7. The summed E-state index contributed by atoms with van der Waals surface area (Å²) in [5.74, 6) is 0.253. The molecular formula is C21H19ClF5N7O. The molecule has 5 rings (SSSR count). The zero-order valence-electron chi connectivity index (χ0n) is 18.1. The standard InChI is InChI=1S/C21H19ClF5N7O/c22-20-29-18(32-8-14(9-32)33-5-4-31(10-16(23)24)11-17(33)35)15-7-28-34(19(15)30-20)13-3-1-2-12(6-13)21(25,26)27/h1-3,6-7,14,16H,4-5,8-11H2. The van der Waals surface area contributed by atoms with E-state index in [0.29, 0.717) is 37.4 Å². The molecular weight excluding hydrogens is 497 g/mol. The van der Waals surface area contributed by atoms with E-state index in [1.54, 1.807) is 4.90 Å². The predicted molar refractivity (Wildman–Crippen MR) is 117 cm³/mol. The van der Waals surface area contributed by atoms with Crippen LogP contribution in [0.1, 0.15) is 5.56 Å². The van der Waals surface area contributed by atoms with E-state index >= 15 is 0 Å². The Morgan fingerprint density at radius 2 is 1.91 bits per heavy atom. The van der Waals surface area contributed by atoms with E-state index in [0.717, 1.165) is 12.1 Å². The fraction of sp³-hybridized carbons (Fsp3) is 0.429. The van der Waals surface area contributed by atoms with Gasteiger partial charge in [0.1, 0.15) is 5.82 Å². The van der Waals surface area contributed by atoms with Gasteiger partial charge in [-0.05, 0) is 29.8 Å². The SMILES string of the molecule is O=C1CN(CC(F)F)CCN1C1CN(c2nc(Cl)nc3c2cnn3-c2cccc(C(F)(F)F)c2)C1. The molecule has 0 saturated carbocycles. The summed E-state index contributed by atoms with van der Waals surface area (Å²) in [7, 11) is 0. The number of carbonyl (C=O) groups excluding carboxylic acids is 1. The van der Waals surface area contributed by atoms with Crippen LogP contribution in [0.15, 0.2) is 30.5 Å². The van der Waals surface area contributed by atoms with Crippen LogP contribution < -0.4 is 4.90 Å². The lowest BCUT2D eigenvalue weighted by Gasteiger charge is -2.48. The van der Waals surface area contributed by atoms with Crippen molar-refractivity contribution in [3.63, 3.8) is 0 Å². The van der Waals surface area contributed by atoms with Gasteiger partial charge >= 0.3 is 6.18 Å². The van der Waals surface area contributed by atoms with Gasteiger partial charge in [-0.15, -0.1) is 0 Å². The molecule has 2 aliphatic heterocycles. The normalized spacial score (nSPS) is 18.1. The van der Waals surface area contributed by atoms with Crippen molar-refractivity contribution in [2.75, 3.05) is 44.2 Å². The van der Waals surface area contributed by atoms with Crippen LogP contribution in [0.3, 0.4) is 0 Å². The molecule has 2 saturated heterocycles. The van der Waals surface area contributed by atoms with Crippen LogP contribution in [-0.2, 0) is 11.0 Å². The molecule has 0 aliphatic carbocycles. The Labute approximate surface area is 200 Å². The minimum absolute atomic E-state index is 0.0474. The summed E-state index contributed by atoms with van der Waals surface area (Å²) < 4.78 is 66.0. The number of piperazine rings is 1. The Balaban J connectivity index is 1.35. The number of fused-ring (bicyclic) bond motifs is 1. The number of alkyl halides is 5. The molecule has 1 aromatic carbocycles. The number of hydrogen-bond acceptors (Lipinski definition) is 6. The smallest absolute Gasteiger partial charge is 0.352 e. The number of carbonyl (C=O) groups is 1. The van der Waals surface area contributed by atoms with Crippen LogP contribution >= 0.6 is 11.6 Å². The molecule has 0 atom stereocenters. The lowest BCUT2D eigenvalue weighted by Crippen LogP contribution is -2.65. The molecule has 0 bridgehead atoms. The van der Waals surface area contributed by atoms with Crippen LogP contribution in [-0.4, -0.2) is 87.2 Å². The molecule has 35 heavy (non-hydrogen) atoms. The maximum Gasteiger partial charge on any atom is 0.416 e. The van der Waals surface area contributed by atoms with Gasteiger partial charge in [0.25, 0.3) is 6.43 Å². The van der Waals surface area contributed by atoms with Crippen LogP contribution in [0.5, 0.6) is 0 Å². The molecule has 3 aromatic rings. The highest BCUT2D eigenvalue weighted by Gasteiger charge is 2.39. The first-order chi connectivity index (χ1) is 16.6. The van der Waals surface area contributed by atoms with Gasteiger partial charge in [-0.1, -0.05) is 6.07 Å². The Kier molecular flexibility index (Phi) is 5.99. The Bertz CT molecular complexity index is 1260. The van der Waals surface area contributed by atoms with Crippen molar-refractivity contribution in [2.45, 2.75) is 18.6 Å². The maximum absolute atomic E-state index is 13.2. The quantitative estimate of drug-likeness (QED) is 0.384. The third-order valence-electron chi connectivity index (χ3n) is 6.13. The van der Waals surface area contributed by atoms with Gasteiger partial charge in [0, 0.05) is 26.2 Å². The second-order valence-electron chi connectivity index (χ2n) is 8.43. The van der Waals surface area contributed by atoms with Crippen molar-refractivity contribution >= 4 is 34.4 Å². The van der Waals surface area contributed by atoms with Crippen LogP contribution in [0.25, 0.3) is 16.7 Å². The fourth-order valence-electron chi connectivity index (χ4n) is 4.41. The summed E-state index contributed by atoms with van der Waals surface area (Å²) in [5, 5.41) is 4.62. The third kappa shape index (κ3) is 4.61. The largest absolute Gasteiger partial charge is 0.416 e. The van der Waals surface area contributed by atoms with Gasteiger partial charge in [0.05, 0.1) is 42.0 Å². The van der Waals surface area contributed by atoms with E-state index in [9.17, 15) is 26.7 Å². The van der Waals surface area contributed by atoms with Crippen molar-refractivity contribution < 1.29 is 26.7 Å². The number of benzene rings is 1. The van der Waals surface area contributed by atoms with E-state index in [-0.39, 0.29) is 35.1 Å². The average molecular weight is 516 g/mol. The molecule has 4 heterocycles. The molecule has 0 unspecified atom stereocenters. The van der Waals surface area contributed by atoms with E-state index in [2.05, 4.69) is 15.1 Å². The molecule has 2 aromatic heterocycles. The third-order valence-corrected chi connectivity index (χ3v) is 6.30. The second kappa shape index (κ2) is 8.86. The summed E-state index contributed by atoms with van der Waals surface area (Å²) in [4.78, 5) is 25.9. The highest BCUT2D eigenvalue weighted by atomic mass is 35.5. The molecule has 8 nitrogen and oxygen atoms in total. The van der Waals surface area contributed by atoms with E-state index in [4.69, 9.17) is 11.6 Å². The lowest BCUT2D eigenvalue weighted by atomic mass is 10.1. The topological polar surface area (TPSA) is 70.4 Å². The summed E-state index contributed by atoms with van der Waals surface area (Å²) in [6.45, 7) is 1.14. The minimum atomic E-state index is -4.51. The molecule has 2 aliphatic rings. The summed E-state index contributed by atoms with van der Waals surface area (Å²) >= 11 is 6.13. The van der Waals surface area contributed by atoms with Crippen LogP contribution in [0.2, 0.25) is 5.28 Å². The highest BCUT2D eigenvalue weighted by molar-refractivity contribution is 6.28. The number of nitrogens with zero attached hydrogens (tertiary/aromatic N) is 7. The molecule has 1 amide bonds. The lowest BCUT2D eigenvalue weighted by molar-refractivity contribution is -0.140. The van der Waals surface area contributed by atoms with E-state index in [1.807, 2.05) is 4.90 Å². The fourth-order valence-corrected chi connectivity index (χ4v) is 4.57. The first-order valence-corrected chi connectivity index (χ1v) is 11.1. The summed E-state index contributed by atoms with van der Waals surface area (Å²) in [6, 6.07) is 4.60. The number of amides is 1. The molecule has 0 N–H and O–H groups in total. The average Bonchev–Trinajstić information content (AvgIpc) is 3.17. The van der Waals surface area contributed by atoms with E-state index < -0.39 is 24.7 Å². The maximum atomic E-state index is 13.2. The van der Waals surface area contributed by atoms with Crippen LogP contribution in [0.4, 0.5) is 27.8 Å². The summed E-state index contributed by atoms with van der Waals surface area (Å²) in [5.41, 5.74) is -0.397. The van der Waals surface area contributed by atoms with Gasteiger partial charge in [-0.3, -0.25) is 9.69 Å². The van der Waals surface area contributed by atoms with Gasteiger partial charge in [-0.25, -0.2) is 13.5 Å². The van der Waals surface area contributed by atoms with Crippen molar-refractivity contribution in [2.24, 2.45) is 0 Å². The van der Waals surface area contributed by atoms with Gasteiger partial charge in [-0.2, -0.15) is 28.2 Å². The molecule has 0 spiro atoms. The van der Waals surface area contributed by atoms with Gasteiger partial charge in [0.15, 0.2) is 5.65 Å². The Morgan fingerprint density at radius 3 is 2.60 bits per heavy atom.